The first kappa shape index (κ1) is 18.2. The second-order valence-corrected chi connectivity index (χ2v) is 7.55. The van der Waals surface area contributed by atoms with Gasteiger partial charge in [-0.15, -0.1) is 0 Å². The Bertz CT molecular complexity index is 570. The molecule has 1 aliphatic heterocycles. The second-order valence-electron chi connectivity index (χ2n) is 7.55. The molecule has 1 aromatic carbocycles. The Balaban J connectivity index is 1.39. The van der Waals surface area contributed by atoms with E-state index in [4.69, 9.17) is 0 Å². The van der Waals surface area contributed by atoms with Crippen LogP contribution in [0.25, 0.3) is 0 Å². The number of nitrogens with one attached hydrogen (secondary N) is 2. The van der Waals surface area contributed by atoms with Gasteiger partial charge >= 0.3 is 6.03 Å². The van der Waals surface area contributed by atoms with Crippen LogP contribution >= 0.6 is 0 Å². The Morgan fingerprint density at radius 3 is 2.68 bits per heavy atom. The fraction of sp³-hybridized carbons (Fsp3) is 0.650. The van der Waals surface area contributed by atoms with Gasteiger partial charge in [0.15, 0.2) is 0 Å². The Kier molecular flexibility index (Phi) is 6.32. The third-order valence-corrected chi connectivity index (χ3v) is 5.56. The van der Waals surface area contributed by atoms with Crippen molar-refractivity contribution in [2.24, 2.45) is 0 Å². The van der Waals surface area contributed by atoms with Gasteiger partial charge in [-0.2, -0.15) is 0 Å². The summed E-state index contributed by atoms with van der Waals surface area (Å²) in [4.78, 5) is 14.6. The predicted molar refractivity (Wildman–Crippen MR) is 99.4 cm³/mol. The molecule has 1 aliphatic carbocycles. The third kappa shape index (κ3) is 5.19. The summed E-state index contributed by atoms with van der Waals surface area (Å²) in [6.45, 7) is 4.54. The first-order valence-electron chi connectivity index (χ1n) is 9.64. The lowest BCUT2D eigenvalue weighted by Gasteiger charge is -2.41. The van der Waals surface area contributed by atoms with E-state index in [9.17, 15) is 9.90 Å². The minimum atomic E-state index is -0.170. The summed E-state index contributed by atoms with van der Waals surface area (Å²) >= 11 is 0. The Labute approximate surface area is 150 Å². The molecule has 0 bridgehead atoms. The van der Waals surface area contributed by atoms with Crippen molar-refractivity contribution in [1.82, 2.24) is 15.5 Å². The van der Waals surface area contributed by atoms with Crippen molar-refractivity contribution in [3.05, 3.63) is 35.4 Å². The number of carbonyl (C=O) groups excluding carboxylic acids is 1. The highest BCUT2D eigenvalue weighted by molar-refractivity contribution is 5.74. The molecule has 1 saturated carbocycles. The molecule has 1 heterocycles. The molecular formula is C20H31N3O2. The van der Waals surface area contributed by atoms with Crippen LogP contribution in [0.3, 0.4) is 0 Å². The van der Waals surface area contributed by atoms with Crippen LogP contribution in [0.1, 0.15) is 49.7 Å². The van der Waals surface area contributed by atoms with E-state index in [0.717, 1.165) is 50.8 Å². The molecular weight excluding hydrogens is 314 g/mol. The predicted octanol–water partition coefficient (Wildman–Crippen LogP) is 2.56. The zero-order valence-corrected chi connectivity index (χ0v) is 15.2. The number of aliphatic hydroxyl groups is 1. The molecule has 3 rings (SSSR count). The van der Waals surface area contributed by atoms with Gasteiger partial charge < -0.3 is 15.7 Å². The largest absolute Gasteiger partial charge is 0.391 e. The second kappa shape index (κ2) is 8.68. The van der Waals surface area contributed by atoms with E-state index in [1.54, 1.807) is 0 Å². The molecule has 25 heavy (non-hydrogen) atoms. The summed E-state index contributed by atoms with van der Waals surface area (Å²) < 4.78 is 0. The Morgan fingerprint density at radius 2 is 1.96 bits per heavy atom. The average Bonchev–Trinajstić information content (AvgIpc) is 2.61. The number of aryl methyl sites for hydroxylation is 1. The van der Waals surface area contributed by atoms with E-state index in [1.807, 2.05) is 12.1 Å². The van der Waals surface area contributed by atoms with Crippen LogP contribution in [0, 0.1) is 6.92 Å². The number of rotatable bonds is 4. The minimum Gasteiger partial charge on any atom is -0.391 e. The molecule has 0 radical (unpaired) electrons. The van der Waals surface area contributed by atoms with Gasteiger partial charge in [-0.25, -0.2) is 4.79 Å². The number of carbonyl (C=O) groups is 1. The first-order chi connectivity index (χ1) is 12.1. The lowest BCUT2D eigenvalue weighted by molar-refractivity contribution is 0.00777. The summed E-state index contributed by atoms with van der Waals surface area (Å²) in [6.07, 6.45) is 6.16. The molecule has 2 unspecified atom stereocenters. The molecule has 0 spiro atoms. The highest BCUT2D eigenvalue weighted by Gasteiger charge is 2.31. The smallest absolute Gasteiger partial charge is 0.315 e. The first-order valence-corrected chi connectivity index (χ1v) is 9.64. The number of aliphatic hydroxyl groups excluding tert-OH is 1. The summed E-state index contributed by atoms with van der Waals surface area (Å²) in [6, 6.07) is 8.66. The number of hydrogen-bond donors (Lipinski definition) is 3. The summed E-state index contributed by atoms with van der Waals surface area (Å²) in [5.74, 6) is 0. The van der Waals surface area contributed by atoms with Gasteiger partial charge in [-0.1, -0.05) is 42.7 Å². The quantitative estimate of drug-likeness (QED) is 0.786. The fourth-order valence-electron chi connectivity index (χ4n) is 4.13. The third-order valence-electron chi connectivity index (χ3n) is 5.56. The van der Waals surface area contributed by atoms with Gasteiger partial charge in [0.1, 0.15) is 0 Å². The van der Waals surface area contributed by atoms with Gasteiger partial charge in [0.25, 0.3) is 0 Å². The summed E-state index contributed by atoms with van der Waals surface area (Å²) in [5, 5.41) is 16.3. The number of urea groups is 1. The van der Waals surface area contributed by atoms with Crippen molar-refractivity contribution < 1.29 is 9.90 Å². The monoisotopic (exact) mass is 345 g/mol. The van der Waals surface area contributed by atoms with E-state index in [1.165, 1.54) is 12.0 Å². The van der Waals surface area contributed by atoms with E-state index in [-0.39, 0.29) is 18.2 Å². The van der Waals surface area contributed by atoms with Crippen LogP contribution in [0.2, 0.25) is 0 Å². The number of hydrogen-bond acceptors (Lipinski definition) is 3. The normalized spacial score (nSPS) is 25.5. The van der Waals surface area contributed by atoms with Gasteiger partial charge in [-0.3, -0.25) is 4.90 Å². The standard InChI is InChI=1S/C20H31N3O2/c1-15-5-4-6-16(13-15)14-21-20(25)22-17-9-11-23(12-10-17)18-7-2-3-8-19(18)24/h4-6,13,17-19,24H,2-3,7-12,14H2,1H3,(H2,21,22,25). The van der Waals surface area contributed by atoms with Crippen molar-refractivity contribution in [3.63, 3.8) is 0 Å². The molecule has 5 nitrogen and oxygen atoms in total. The molecule has 2 fully saturated rings. The van der Waals surface area contributed by atoms with Crippen LogP contribution in [0.4, 0.5) is 4.79 Å². The minimum absolute atomic E-state index is 0.0855. The van der Waals surface area contributed by atoms with Gasteiger partial charge in [0.05, 0.1) is 6.10 Å². The summed E-state index contributed by atoms with van der Waals surface area (Å²) in [7, 11) is 0. The van der Waals surface area contributed by atoms with Crippen molar-refractivity contribution >= 4 is 6.03 Å². The van der Waals surface area contributed by atoms with Crippen LogP contribution in [0.5, 0.6) is 0 Å². The molecule has 1 aromatic rings. The van der Waals surface area contributed by atoms with E-state index in [2.05, 4.69) is 34.6 Å². The average molecular weight is 345 g/mol. The molecule has 3 N–H and O–H groups in total. The maximum atomic E-state index is 12.1. The van der Waals surface area contributed by atoms with Crippen LogP contribution in [-0.4, -0.2) is 47.3 Å². The maximum Gasteiger partial charge on any atom is 0.315 e. The Morgan fingerprint density at radius 1 is 1.20 bits per heavy atom. The topological polar surface area (TPSA) is 64.6 Å². The molecule has 1 saturated heterocycles. The summed E-state index contributed by atoms with van der Waals surface area (Å²) in [5.41, 5.74) is 2.33. The number of amides is 2. The van der Waals surface area contributed by atoms with Crippen molar-refractivity contribution in [2.45, 2.75) is 70.2 Å². The molecule has 138 valence electrons. The van der Waals surface area contributed by atoms with Crippen LogP contribution in [0.15, 0.2) is 24.3 Å². The zero-order chi connectivity index (χ0) is 17.6. The molecule has 2 atom stereocenters. The SMILES string of the molecule is Cc1cccc(CNC(=O)NC2CCN(C3CCCCC3O)CC2)c1. The number of benzene rings is 1. The van der Waals surface area contributed by atoms with Crippen molar-refractivity contribution in [3.8, 4) is 0 Å². The van der Waals surface area contributed by atoms with E-state index in [0.29, 0.717) is 12.6 Å². The van der Waals surface area contributed by atoms with Gasteiger partial charge in [-0.05, 0) is 38.2 Å². The van der Waals surface area contributed by atoms with Crippen LogP contribution < -0.4 is 10.6 Å². The van der Waals surface area contributed by atoms with Gasteiger partial charge in [0.2, 0.25) is 0 Å². The number of nitrogens with zero attached hydrogens (tertiary/aromatic N) is 1. The highest BCUT2D eigenvalue weighted by Crippen LogP contribution is 2.25. The van der Waals surface area contributed by atoms with Crippen LogP contribution in [-0.2, 0) is 6.54 Å². The Hall–Kier alpha value is -1.59. The fourth-order valence-corrected chi connectivity index (χ4v) is 4.13. The number of likely N-dealkylation sites (tertiary alicyclic amines) is 1. The highest BCUT2D eigenvalue weighted by atomic mass is 16.3. The van der Waals surface area contributed by atoms with Crippen molar-refractivity contribution in [1.29, 1.82) is 0 Å². The lowest BCUT2D eigenvalue weighted by atomic mass is 9.89. The zero-order valence-electron chi connectivity index (χ0n) is 15.2. The molecule has 2 amide bonds. The molecule has 5 heteroatoms. The lowest BCUT2D eigenvalue weighted by Crippen LogP contribution is -2.53. The van der Waals surface area contributed by atoms with Gasteiger partial charge in [0, 0.05) is 31.7 Å². The number of piperidine rings is 1. The maximum absolute atomic E-state index is 12.1. The molecule has 0 aromatic heterocycles. The van der Waals surface area contributed by atoms with E-state index < -0.39 is 0 Å². The molecule has 2 aliphatic rings. The van der Waals surface area contributed by atoms with Crippen molar-refractivity contribution in [2.75, 3.05) is 13.1 Å². The van der Waals surface area contributed by atoms with E-state index >= 15 is 0 Å².